The SMILES string of the molecule is O=S1CCN(c2nnc(CCCl)o2)CC1. The molecule has 0 radical (unpaired) electrons. The van der Waals surface area contributed by atoms with Crippen LogP contribution in [0.15, 0.2) is 4.42 Å². The molecular formula is C8H12ClN3O2S. The summed E-state index contributed by atoms with van der Waals surface area (Å²) in [5.74, 6) is 2.39. The maximum Gasteiger partial charge on any atom is 0.318 e. The van der Waals surface area contributed by atoms with Gasteiger partial charge in [-0.25, -0.2) is 0 Å². The standard InChI is InChI=1S/C8H12ClN3O2S/c9-2-1-7-10-11-8(14-7)12-3-5-15(13)6-4-12/h1-6H2. The fraction of sp³-hybridized carbons (Fsp3) is 0.750. The Morgan fingerprint density at radius 2 is 2.13 bits per heavy atom. The zero-order chi connectivity index (χ0) is 10.7. The second-order valence-corrected chi connectivity index (χ2v) is 5.33. The van der Waals surface area contributed by atoms with Gasteiger partial charge in [0.15, 0.2) is 0 Å². The third-order valence-corrected chi connectivity index (χ3v) is 3.68. The van der Waals surface area contributed by atoms with Gasteiger partial charge in [0.25, 0.3) is 0 Å². The Morgan fingerprint density at radius 1 is 1.40 bits per heavy atom. The average Bonchev–Trinajstić information content (AvgIpc) is 2.68. The normalized spacial score (nSPS) is 18.3. The Balaban J connectivity index is 1.99. The van der Waals surface area contributed by atoms with Crippen molar-refractivity contribution in [2.75, 3.05) is 35.4 Å². The summed E-state index contributed by atoms with van der Waals surface area (Å²) in [4.78, 5) is 1.96. The van der Waals surface area contributed by atoms with E-state index in [1.54, 1.807) is 0 Å². The van der Waals surface area contributed by atoms with Gasteiger partial charge in [-0.2, -0.15) is 0 Å². The summed E-state index contributed by atoms with van der Waals surface area (Å²) in [6, 6.07) is 0.520. The van der Waals surface area contributed by atoms with Crippen molar-refractivity contribution in [3.63, 3.8) is 0 Å². The van der Waals surface area contributed by atoms with E-state index in [-0.39, 0.29) is 0 Å². The van der Waals surface area contributed by atoms with Crippen molar-refractivity contribution in [3.05, 3.63) is 5.89 Å². The number of aryl methyl sites for hydroxylation is 1. The lowest BCUT2D eigenvalue weighted by Crippen LogP contribution is -2.37. The number of hydrogen-bond donors (Lipinski definition) is 0. The third kappa shape index (κ3) is 2.69. The molecule has 0 saturated carbocycles. The molecule has 1 aromatic rings. The van der Waals surface area contributed by atoms with Crippen LogP contribution in [0.3, 0.4) is 0 Å². The number of rotatable bonds is 3. The van der Waals surface area contributed by atoms with Crippen LogP contribution in [0.1, 0.15) is 5.89 Å². The molecule has 84 valence electrons. The van der Waals surface area contributed by atoms with Crippen molar-refractivity contribution < 1.29 is 8.63 Å². The first-order valence-electron chi connectivity index (χ1n) is 4.78. The van der Waals surface area contributed by atoms with Crippen LogP contribution in [0, 0.1) is 0 Å². The molecule has 1 aliphatic rings. The highest BCUT2D eigenvalue weighted by Gasteiger charge is 2.19. The molecule has 2 rings (SSSR count). The van der Waals surface area contributed by atoms with Crippen molar-refractivity contribution in [2.24, 2.45) is 0 Å². The minimum absolute atomic E-state index is 0.478. The van der Waals surface area contributed by atoms with E-state index >= 15 is 0 Å². The average molecular weight is 250 g/mol. The zero-order valence-corrected chi connectivity index (χ0v) is 9.76. The second-order valence-electron chi connectivity index (χ2n) is 3.25. The Kier molecular flexibility index (Phi) is 3.58. The first-order valence-corrected chi connectivity index (χ1v) is 6.80. The van der Waals surface area contributed by atoms with Gasteiger partial charge in [-0.1, -0.05) is 5.10 Å². The number of halogens is 1. The summed E-state index contributed by atoms with van der Waals surface area (Å²) < 4.78 is 16.6. The molecule has 0 aliphatic carbocycles. The number of hydrogen-bond acceptors (Lipinski definition) is 5. The third-order valence-electron chi connectivity index (χ3n) is 2.21. The molecule has 2 heterocycles. The number of anilines is 1. The molecule has 1 aliphatic heterocycles. The molecule has 0 spiro atoms. The molecule has 1 saturated heterocycles. The summed E-state index contributed by atoms with van der Waals surface area (Å²) in [6.45, 7) is 1.43. The van der Waals surface area contributed by atoms with Gasteiger partial charge in [-0.3, -0.25) is 4.21 Å². The van der Waals surface area contributed by atoms with E-state index in [4.69, 9.17) is 16.0 Å². The van der Waals surface area contributed by atoms with Gasteiger partial charge in [-0.05, 0) is 0 Å². The van der Waals surface area contributed by atoms with Crippen LogP contribution in [0.4, 0.5) is 6.01 Å². The summed E-state index contributed by atoms with van der Waals surface area (Å²) in [7, 11) is -0.684. The maximum absolute atomic E-state index is 11.1. The molecule has 0 bridgehead atoms. The van der Waals surface area contributed by atoms with Gasteiger partial charge in [0, 0.05) is 47.7 Å². The molecule has 15 heavy (non-hydrogen) atoms. The molecule has 0 atom stereocenters. The summed E-state index contributed by atoms with van der Waals surface area (Å²) in [5.41, 5.74) is 0. The Labute approximate surface area is 95.3 Å². The predicted octanol–water partition coefficient (Wildman–Crippen LogP) is 0.420. The fourth-order valence-corrected chi connectivity index (χ4v) is 2.60. The highest BCUT2D eigenvalue weighted by molar-refractivity contribution is 7.85. The highest BCUT2D eigenvalue weighted by atomic mass is 35.5. The van der Waals surface area contributed by atoms with E-state index in [2.05, 4.69) is 10.2 Å². The predicted molar refractivity (Wildman–Crippen MR) is 58.8 cm³/mol. The number of aromatic nitrogens is 2. The monoisotopic (exact) mass is 249 g/mol. The van der Waals surface area contributed by atoms with Gasteiger partial charge in [0.2, 0.25) is 5.89 Å². The molecular weight excluding hydrogens is 238 g/mol. The van der Waals surface area contributed by atoms with Crippen molar-refractivity contribution in [1.29, 1.82) is 0 Å². The van der Waals surface area contributed by atoms with Crippen LogP contribution >= 0.6 is 11.6 Å². The lowest BCUT2D eigenvalue weighted by atomic mass is 10.5. The minimum atomic E-state index is -0.684. The second kappa shape index (κ2) is 4.94. The van der Waals surface area contributed by atoms with Crippen molar-refractivity contribution in [1.82, 2.24) is 10.2 Å². The zero-order valence-electron chi connectivity index (χ0n) is 8.19. The molecule has 0 amide bonds. The van der Waals surface area contributed by atoms with Crippen LogP contribution in [0.25, 0.3) is 0 Å². The van der Waals surface area contributed by atoms with Crippen LogP contribution < -0.4 is 4.90 Å². The van der Waals surface area contributed by atoms with Crippen molar-refractivity contribution in [2.45, 2.75) is 6.42 Å². The number of alkyl halides is 1. The smallest absolute Gasteiger partial charge is 0.318 e. The molecule has 0 unspecified atom stereocenters. The first-order chi connectivity index (χ1) is 7.29. The summed E-state index contributed by atoms with van der Waals surface area (Å²) in [6.07, 6.45) is 0.592. The molecule has 0 aromatic carbocycles. The molecule has 0 N–H and O–H groups in total. The Bertz CT molecular complexity index is 347. The fourth-order valence-electron chi connectivity index (χ4n) is 1.38. The van der Waals surface area contributed by atoms with Gasteiger partial charge in [0.05, 0.1) is 0 Å². The van der Waals surface area contributed by atoms with E-state index in [0.717, 1.165) is 13.1 Å². The largest absolute Gasteiger partial charge is 0.408 e. The van der Waals surface area contributed by atoms with Crippen LogP contribution in [-0.2, 0) is 17.2 Å². The van der Waals surface area contributed by atoms with E-state index in [1.807, 2.05) is 4.90 Å². The number of nitrogens with zero attached hydrogens (tertiary/aromatic N) is 3. The molecule has 1 aromatic heterocycles. The van der Waals surface area contributed by atoms with Crippen molar-refractivity contribution >= 4 is 28.4 Å². The Morgan fingerprint density at radius 3 is 2.80 bits per heavy atom. The first kappa shape index (κ1) is 10.9. The highest BCUT2D eigenvalue weighted by Crippen LogP contribution is 2.14. The van der Waals surface area contributed by atoms with Crippen LogP contribution in [0.2, 0.25) is 0 Å². The topological polar surface area (TPSA) is 59.2 Å². The van der Waals surface area contributed by atoms with Gasteiger partial charge in [-0.15, -0.1) is 16.7 Å². The van der Waals surface area contributed by atoms with Gasteiger partial charge >= 0.3 is 6.01 Å². The van der Waals surface area contributed by atoms with Crippen molar-refractivity contribution in [3.8, 4) is 0 Å². The molecule has 1 fully saturated rings. The van der Waals surface area contributed by atoms with E-state index in [1.165, 1.54) is 0 Å². The molecule has 7 heteroatoms. The summed E-state index contributed by atoms with van der Waals surface area (Å²) in [5, 5.41) is 7.82. The summed E-state index contributed by atoms with van der Waals surface area (Å²) >= 11 is 5.57. The van der Waals surface area contributed by atoms with Gasteiger partial charge < -0.3 is 9.32 Å². The van der Waals surface area contributed by atoms with E-state index in [0.29, 0.717) is 35.7 Å². The lowest BCUT2D eigenvalue weighted by Gasteiger charge is -2.23. The van der Waals surface area contributed by atoms with E-state index in [9.17, 15) is 4.21 Å². The molecule has 5 nitrogen and oxygen atoms in total. The minimum Gasteiger partial charge on any atom is -0.408 e. The van der Waals surface area contributed by atoms with Crippen LogP contribution in [-0.4, -0.2) is 44.9 Å². The van der Waals surface area contributed by atoms with Crippen LogP contribution in [0.5, 0.6) is 0 Å². The quantitative estimate of drug-likeness (QED) is 0.727. The van der Waals surface area contributed by atoms with Gasteiger partial charge in [0.1, 0.15) is 0 Å². The lowest BCUT2D eigenvalue weighted by molar-refractivity contribution is 0.491. The Hall–Kier alpha value is -0.620. The van der Waals surface area contributed by atoms with E-state index < -0.39 is 10.8 Å². The maximum atomic E-state index is 11.1.